The number of fused-ring (bicyclic) bond motifs is 1. The summed E-state index contributed by atoms with van der Waals surface area (Å²) in [4.78, 5) is 17.2. The molecule has 1 atom stereocenters. The number of rotatable bonds is 5. The van der Waals surface area contributed by atoms with Crippen molar-refractivity contribution >= 4 is 5.91 Å². The minimum atomic E-state index is 0.0222. The smallest absolute Gasteiger partial charge is 0.251 e. The normalized spacial score (nSPS) is 20.1. The van der Waals surface area contributed by atoms with Crippen molar-refractivity contribution in [1.29, 1.82) is 0 Å². The number of piperazine rings is 1. The number of likely N-dealkylation sites (N-methyl/N-ethyl adjacent to an activating group) is 1. The van der Waals surface area contributed by atoms with Crippen LogP contribution in [-0.2, 0) is 6.42 Å². The number of nitrogens with one attached hydrogen (secondary N) is 1. The maximum absolute atomic E-state index is 12.4. The molecule has 2 aliphatic heterocycles. The summed E-state index contributed by atoms with van der Waals surface area (Å²) < 4.78 is 5.60. The van der Waals surface area contributed by atoms with Gasteiger partial charge in [-0.2, -0.15) is 0 Å². The van der Waals surface area contributed by atoms with Gasteiger partial charge in [0.05, 0.1) is 6.61 Å². The fourth-order valence-electron chi connectivity index (χ4n) is 3.44. The number of hydrogen-bond donors (Lipinski definition) is 1. The monoisotopic (exact) mass is 331 g/mol. The van der Waals surface area contributed by atoms with Crippen LogP contribution in [0.3, 0.4) is 0 Å². The standard InChI is InChI=1S/C19H29N3O2/c1-15(22-11-9-21(2)10-12-22)7-8-20-19(23)17-5-6-18-16(14-17)4-3-13-24-18/h5-6,14-15H,3-4,7-13H2,1-2H3,(H,20,23)/t15-/m0/s1. The minimum Gasteiger partial charge on any atom is -0.493 e. The molecule has 1 aromatic carbocycles. The van der Waals surface area contributed by atoms with Crippen LogP contribution in [0.15, 0.2) is 18.2 Å². The lowest BCUT2D eigenvalue weighted by molar-refractivity contribution is 0.0935. The fourth-order valence-corrected chi connectivity index (χ4v) is 3.44. The van der Waals surface area contributed by atoms with Crippen molar-refractivity contribution in [3.8, 4) is 5.75 Å². The fraction of sp³-hybridized carbons (Fsp3) is 0.632. The van der Waals surface area contributed by atoms with Gasteiger partial charge in [-0.15, -0.1) is 0 Å². The lowest BCUT2D eigenvalue weighted by Gasteiger charge is -2.36. The summed E-state index contributed by atoms with van der Waals surface area (Å²) in [5, 5.41) is 3.07. The van der Waals surface area contributed by atoms with E-state index in [0.717, 1.165) is 75.5 Å². The molecule has 0 spiro atoms. The average molecular weight is 331 g/mol. The van der Waals surface area contributed by atoms with E-state index in [4.69, 9.17) is 4.74 Å². The lowest BCUT2D eigenvalue weighted by atomic mass is 10.0. The highest BCUT2D eigenvalue weighted by Crippen LogP contribution is 2.25. The maximum atomic E-state index is 12.4. The topological polar surface area (TPSA) is 44.8 Å². The summed E-state index contributed by atoms with van der Waals surface area (Å²) >= 11 is 0. The summed E-state index contributed by atoms with van der Waals surface area (Å²) in [7, 11) is 2.17. The van der Waals surface area contributed by atoms with Crippen molar-refractivity contribution < 1.29 is 9.53 Å². The van der Waals surface area contributed by atoms with E-state index in [1.165, 1.54) is 0 Å². The van der Waals surface area contributed by atoms with Crippen molar-refractivity contribution in [2.75, 3.05) is 46.4 Å². The summed E-state index contributed by atoms with van der Waals surface area (Å²) in [5.41, 5.74) is 1.89. The zero-order valence-electron chi connectivity index (χ0n) is 14.9. The van der Waals surface area contributed by atoms with E-state index in [2.05, 4.69) is 29.1 Å². The Bertz CT molecular complexity index is 568. The van der Waals surface area contributed by atoms with Crippen LogP contribution < -0.4 is 10.1 Å². The molecule has 1 fully saturated rings. The number of amides is 1. The Balaban J connectivity index is 1.45. The predicted octanol–water partition coefficient (Wildman–Crippen LogP) is 1.77. The van der Waals surface area contributed by atoms with Crippen LogP contribution in [0.1, 0.15) is 35.7 Å². The van der Waals surface area contributed by atoms with Gasteiger partial charge in [0.25, 0.3) is 5.91 Å². The predicted molar refractivity (Wildman–Crippen MR) is 95.7 cm³/mol. The Morgan fingerprint density at radius 2 is 2.08 bits per heavy atom. The van der Waals surface area contributed by atoms with Crippen LogP contribution >= 0.6 is 0 Å². The van der Waals surface area contributed by atoms with Gasteiger partial charge in [-0.3, -0.25) is 9.69 Å². The van der Waals surface area contributed by atoms with E-state index in [1.54, 1.807) is 0 Å². The van der Waals surface area contributed by atoms with E-state index in [0.29, 0.717) is 6.04 Å². The quantitative estimate of drug-likeness (QED) is 0.893. The van der Waals surface area contributed by atoms with Gasteiger partial charge in [0.2, 0.25) is 0 Å². The molecule has 132 valence electrons. The number of carbonyl (C=O) groups excluding carboxylic acids is 1. The van der Waals surface area contributed by atoms with Crippen LogP contribution in [-0.4, -0.2) is 68.1 Å². The van der Waals surface area contributed by atoms with Gasteiger partial charge < -0.3 is 15.0 Å². The molecular formula is C19H29N3O2. The Labute approximate surface area is 145 Å². The molecule has 0 unspecified atom stereocenters. The number of hydrogen-bond acceptors (Lipinski definition) is 4. The Morgan fingerprint density at radius 1 is 1.29 bits per heavy atom. The third-order valence-electron chi connectivity index (χ3n) is 5.18. The van der Waals surface area contributed by atoms with Gasteiger partial charge in [-0.05, 0) is 57.0 Å². The molecule has 0 bridgehead atoms. The molecule has 1 saturated heterocycles. The van der Waals surface area contributed by atoms with E-state index in [1.807, 2.05) is 18.2 Å². The number of carbonyl (C=O) groups is 1. The van der Waals surface area contributed by atoms with Crippen LogP contribution in [0.2, 0.25) is 0 Å². The Hall–Kier alpha value is -1.59. The van der Waals surface area contributed by atoms with Crippen molar-refractivity contribution in [3.05, 3.63) is 29.3 Å². The molecule has 5 nitrogen and oxygen atoms in total. The van der Waals surface area contributed by atoms with Gasteiger partial charge in [0.15, 0.2) is 0 Å². The highest BCUT2D eigenvalue weighted by Gasteiger charge is 2.19. The molecule has 24 heavy (non-hydrogen) atoms. The first-order valence-corrected chi connectivity index (χ1v) is 9.10. The molecular weight excluding hydrogens is 302 g/mol. The first kappa shape index (κ1) is 17.2. The molecule has 0 saturated carbocycles. The van der Waals surface area contributed by atoms with E-state index in [9.17, 15) is 4.79 Å². The van der Waals surface area contributed by atoms with Crippen LogP contribution in [0, 0.1) is 0 Å². The Morgan fingerprint density at radius 3 is 2.88 bits per heavy atom. The lowest BCUT2D eigenvalue weighted by Crippen LogP contribution is -2.48. The molecule has 1 amide bonds. The molecule has 5 heteroatoms. The van der Waals surface area contributed by atoms with Gasteiger partial charge in [0, 0.05) is 44.3 Å². The molecule has 2 heterocycles. The van der Waals surface area contributed by atoms with E-state index in [-0.39, 0.29) is 5.91 Å². The van der Waals surface area contributed by atoms with Gasteiger partial charge in [-0.25, -0.2) is 0 Å². The van der Waals surface area contributed by atoms with E-state index >= 15 is 0 Å². The number of ether oxygens (including phenoxy) is 1. The maximum Gasteiger partial charge on any atom is 0.251 e. The first-order chi connectivity index (χ1) is 11.6. The van der Waals surface area contributed by atoms with Crippen molar-refractivity contribution in [2.45, 2.75) is 32.2 Å². The molecule has 0 radical (unpaired) electrons. The van der Waals surface area contributed by atoms with Crippen LogP contribution in [0.25, 0.3) is 0 Å². The second-order valence-corrected chi connectivity index (χ2v) is 7.01. The van der Waals surface area contributed by atoms with Crippen molar-refractivity contribution in [3.63, 3.8) is 0 Å². The van der Waals surface area contributed by atoms with Crippen LogP contribution in [0.5, 0.6) is 5.75 Å². The number of benzene rings is 1. The molecule has 0 aliphatic carbocycles. The van der Waals surface area contributed by atoms with E-state index < -0.39 is 0 Å². The van der Waals surface area contributed by atoms with Crippen molar-refractivity contribution in [1.82, 2.24) is 15.1 Å². The zero-order valence-corrected chi connectivity index (χ0v) is 14.9. The van der Waals surface area contributed by atoms with Gasteiger partial charge in [-0.1, -0.05) is 0 Å². The highest BCUT2D eigenvalue weighted by molar-refractivity contribution is 5.94. The van der Waals surface area contributed by atoms with Crippen LogP contribution in [0.4, 0.5) is 0 Å². The summed E-state index contributed by atoms with van der Waals surface area (Å²) in [6, 6.07) is 6.28. The summed E-state index contributed by atoms with van der Waals surface area (Å²) in [6.45, 7) is 8.27. The molecule has 2 aliphatic rings. The molecule has 1 N–H and O–H groups in total. The number of aryl methyl sites for hydroxylation is 1. The first-order valence-electron chi connectivity index (χ1n) is 9.10. The highest BCUT2D eigenvalue weighted by atomic mass is 16.5. The third-order valence-corrected chi connectivity index (χ3v) is 5.18. The summed E-state index contributed by atoms with van der Waals surface area (Å²) in [5.74, 6) is 0.954. The largest absolute Gasteiger partial charge is 0.493 e. The summed E-state index contributed by atoms with van der Waals surface area (Å²) in [6.07, 6.45) is 3.01. The number of nitrogens with zero attached hydrogens (tertiary/aromatic N) is 2. The van der Waals surface area contributed by atoms with Gasteiger partial charge >= 0.3 is 0 Å². The second kappa shape index (κ2) is 7.99. The third kappa shape index (κ3) is 4.28. The molecule has 3 rings (SSSR count). The van der Waals surface area contributed by atoms with Crippen molar-refractivity contribution in [2.24, 2.45) is 0 Å². The molecule has 0 aromatic heterocycles. The zero-order chi connectivity index (χ0) is 16.9. The second-order valence-electron chi connectivity index (χ2n) is 7.01. The van der Waals surface area contributed by atoms with Gasteiger partial charge in [0.1, 0.15) is 5.75 Å². The average Bonchev–Trinajstić information content (AvgIpc) is 2.61. The Kier molecular flexibility index (Phi) is 5.74. The minimum absolute atomic E-state index is 0.0222. The SMILES string of the molecule is C[C@@H](CCNC(=O)c1ccc2c(c1)CCCO2)N1CCN(C)CC1. The molecule has 1 aromatic rings.